The first-order valence-electron chi connectivity index (χ1n) is 23.7. The number of aromatic nitrogens is 2. The molecule has 0 aliphatic carbocycles. The Morgan fingerprint density at radius 2 is 1.09 bits per heavy atom. The average Bonchev–Trinajstić information content (AvgIpc) is 3.90. The molecule has 0 atom stereocenters. The van der Waals surface area contributed by atoms with Gasteiger partial charge in [-0.2, -0.15) is 12.1 Å². The molecule has 6 heteroatoms. The molecular weight excluding hydrogens is 1010 g/mol. The third-order valence-electron chi connectivity index (χ3n) is 13.8. The number of benzene rings is 6. The third kappa shape index (κ3) is 9.32. The number of anilines is 2. The van der Waals surface area contributed by atoms with E-state index in [2.05, 4.69) is 251 Å². The number of ether oxygens (including phenoxy) is 1. The number of fused-ring (bicyclic) bond motifs is 3. The Labute approximate surface area is 420 Å². The number of pyridine rings is 1. The van der Waals surface area contributed by atoms with Crippen molar-refractivity contribution < 1.29 is 25.8 Å². The van der Waals surface area contributed by atoms with Crippen LogP contribution in [-0.4, -0.2) is 9.55 Å². The Bertz CT molecular complexity index is 3070. The molecule has 0 radical (unpaired) electrons. The van der Waals surface area contributed by atoms with Gasteiger partial charge in [0.15, 0.2) is 0 Å². The molecule has 1 aliphatic rings. The van der Waals surface area contributed by atoms with Gasteiger partial charge in [-0.3, -0.25) is 0 Å². The van der Waals surface area contributed by atoms with Crippen LogP contribution in [0.3, 0.4) is 0 Å². The van der Waals surface area contributed by atoms with Gasteiger partial charge in [0, 0.05) is 71.9 Å². The minimum absolute atomic E-state index is 0. The molecule has 0 bridgehead atoms. The van der Waals surface area contributed by atoms with Crippen LogP contribution in [0.15, 0.2) is 158 Å². The molecule has 352 valence electrons. The zero-order valence-electron chi connectivity index (χ0n) is 42.0. The number of rotatable bonds is 9. The topological polar surface area (TPSA) is 33.5 Å². The van der Waals surface area contributed by atoms with Crippen LogP contribution in [0.5, 0.6) is 11.5 Å². The van der Waals surface area contributed by atoms with Crippen LogP contribution in [0.25, 0.3) is 27.6 Å². The first-order valence-corrected chi connectivity index (χ1v) is 23.7. The first kappa shape index (κ1) is 48.6. The minimum Gasteiger partial charge on any atom is -0.509 e. The SMILES string of the molecule is CC(C)(C)C1=CN(c2[c-]c(Oc3[c-]c4c(cc3)c3cc(C(C)(C)C)ccc3n4-c3cc(C(C)(C)C)ccn3)ccc2)[CH-]N1c1cc(C(C)(C)c2ccccc2)cc(C(C)(C)c2ccccc2)c1.[Pt]. The fraction of sp³-hybridized carbons (Fsp3) is 0.290. The fourth-order valence-corrected chi connectivity index (χ4v) is 9.28. The number of hydrogen-bond donors (Lipinski definition) is 0. The zero-order chi connectivity index (χ0) is 47.7. The van der Waals surface area contributed by atoms with E-state index < -0.39 is 0 Å². The largest absolute Gasteiger partial charge is 0.509 e. The summed E-state index contributed by atoms with van der Waals surface area (Å²) in [6.45, 7) is 31.9. The van der Waals surface area contributed by atoms with Crippen molar-refractivity contribution in [2.45, 2.75) is 112 Å². The Morgan fingerprint density at radius 3 is 1.68 bits per heavy atom. The second-order valence-corrected chi connectivity index (χ2v) is 22.5. The van der Waals surface area contributed by atoms with E-state index >= 15 is 0 Å². The van der Waals surface area contributed by atoms with Crippen molar-refractivity contribution in [1.29, 1.82) is 0 Å². The zero-order valence-corrected chi connectivity index (χ0v) is 44.3. The molecule has 9 rings (SSSR count). The van der Waals surface area contributed by atoms with Gasteiger partial charge in [-0.05, 0) is 86.1 Å². The van der Waals surface area contributed by atoms with E-state index in [-0.39, 0.29) is 48.1 Å². The fourth-order valence-electron chi connectivity index (χ4n) is 9.28. The van der Waals surface area contributed by atoms with Crippen LogP contribution >= 0.6 is 0 Å². The molecular formula is C62H65N4OPt-3. The van der Waals surface area contributed by atoms with Crippen LogP contribution in [0.2, 0.25) is 0 Å². The molecule has 6 aromatic carbocycles. The van der Waals surface area contributed by atoms with Crippen LogP contribution in [0.1, 0.15) is 123 Å². The average molecular weight is 1080 g/mol. The minimum atomic E-state index is -0.250. The van der Waals surface area contributed by atoms with Crippen LogP contribution in [0, 0.1) is 24.2 Å². The Balaban J connectivity index is 0.00000625. The third-order valence-corrected chi connectivity index (χ3v) is 13.8. The van der Waals surface area contributed by atoms with Crippen molar-refractivity contribution in [2.24, 2.45) is 5.41 Å². The molecule has 8 aromatic rings. The molecule has 0 saturated heterocycles. The number of hydrogen-bond acceptors (Lipinski definition) is 4. The van der Waals surface area contributed by atoms with E-state index in [0.29, 0.717) is 11.5 Å². The molecule has 2 aromatic heterocycles. The summed E-state index contributed by atoms with van der Waals surface area (Å²) in [5, 5.41) is 2.27. The molecule has 68 heavy (non-hydrogen) atoms. The molecule has 0 spiro atoms. The molecule has 0 unspecified atom stereocenters. The Kier molecular flexibility index (Phi) is 12.8. The predicted octanol–water partition coefficient (Wildman–Crippen LogP) is 16.1. The summed E-state index contributed by atoms with van der Waals surface area (Å²) in [7, 11) is 0. The summed E-state index contributed by atoms with van der Waals surface area (Å²) in [6.07, 6.45) is 4.16. The molecule has 0 saturated carbocycles. The molecule has 0 fully saturated rings. The Hall–Kier alpha value is -5.90. The van der Waals surface area contributed by atoms with Crippen molar-refractivity contribution in [3.8, 4) is 17.3 Å². The van der Waals surface area contributed by atoms with Crippen molar-refractivity contribution in [2.75, 3.05) is 9.80 Å². The molecule has 5 nitrogen and oxygen atoms in total. The number of nitrogens with zero attached hydrogens (tertiary/aromatic N) is 4. The van der Waals surface area contributed by atoms with E-state index in [4.69, 9.17) is 9.72 Å². The molecule has 1 aliphatic heterocycles. The Morgan fingerprint density at radius 1 is 0.500 bits per heavy atom. The maximum atomic E-state index is 6.71. The van der Waals surface area contributed by atoms with Crippen LogP contribution in [-0.2, 0) is 42.7 Å². The monoisotopic (exact) mass is 1080 g/mol. The van der Waals surface area contributed by atoms with Crippen molar-refractivity contribution in [1.82, 2.24) is 9.55 Å². The van der Waals surface area contributed by atoms with E-state index in [9.17, 15) is 0 Å². The summed E-state index contributed by atoms with van der Waals surface area (Å²) in [5.41, 5.74) is 12.0. The van der Waals surface area contributed by atoms with Gasteiger partial charge in [0.2, 0.25) is 0 Å². The van der Waals surface area contributed by atoms with E-state index in [1.165, 1.54) is 44.5 Å². The second kappa shape index (κ2) is 17.9. The van der Waals surface area contributed by atoms with E-state index in [1.807, 2.05) is 24.4 Å². The summed E-state index contributed by atoms with van der Waals surface area (Å²) >= 11 is 0. The quantitative estimate of drug-likeness (QED) is 0.135. The summed E-state index contributed by atoms with van der Waals surface area (Å²) in [6, 6.07) is 57.6. The van der Waals surface area contributed by atoms with Crippen LogP contribution in [0.4, 0.5) is 11.4 Å². The summed E-state index contributed by atoms with van der Waals surface area (Å²) < 4.78 is 8.94. The van der Waals surface area contributed by atoms with Crippen LogP contribution < -0.4 is 14.5 Å². The predicted molar refractivity (Wildman–Crippen MR) is 281 cm³/mol. The normalized spacial score (nSPS) is 13.8. The smallest absolute Gasteiger partial charge is 0.135 e. The van der Waals surface area contributed by atoms with E-state index in [0.717, 1.165) is 33.6 Å². The van der Waals surface area contributed by atoms with Gasteiger partial charge in [-0.25, -0.2) is 4.98 Å². The van der Waals surface area contributed by atoms with E-state index in [1.54, 1.807) is 0 Å². The van der Waals surface area contributed by atoms with Gasteiger partial charge in [0.1, 0.15) is 5.82 Å². The maximum absolute atomic E-state index is 6.71. The van der Waals surface area contributed by atoms with Gasteiger partial charge in [-0.1, -0.05) is 174 Å². The molecule has 0 amide bonds. The number of allylic oxidation sites excluding steroid dienone is 1. The van der Waals surface area contributed by atoms with Gasteiger partial charge < -0.3 is 19.1 Å². The van der Waals surface area contributed by atoms with Crippen molar-refractivity contribution in [3.63, 3.8) is 0 Å². The second-order valence-electron chi connectivity index (χ2n) is 22.5. The standard InChI is InChI=1S/C62H65N4O.Pt/c1-58(2,3)44-27-30-54-53(36-44)52-29-28-51(39-55(52)66(54)57-37-45(31-32-63-57)59(4,5)6)67-50-26-20-25-48(38-50)64-40-56(60(7,8)9)65(41-64)49-34-46(61(10,11)42-21-16-14-17-22-42)33-47(35-49)62(12,13)43-23-18-15-19-24-43;/h14-37,40-41H,1-13H3;/q-3;. The maximum Gasteiger partial charge on any atom is 0.135 e. The first-order chi connectivity index (χ1) is 31.6. The van der Waals surface area contributed by atoms with Crippen molar-refractivity contribution in [3.05, 3.63) is 210 Å². The van der Waals surface area contributed by atoms with Gasteiger partial charge in [-0.15, -0.1) is 48.1 Å². The molecule has 0 N–H and O–H groups in total. The van der Waals surface area contributed by atoms with Gasteiger partial charge >= 0.3 is 0 Å². The molecule has 3 heterocycles. The van der Waals surface area contributed by atoms with Crippen molar-refractivity contribution >= 4 is 33.2 Å². The van der Waals surface area contributed by atoms with Gasteiger partial charge in [0.25, 0.3) is 0 Å². The summed E-state index contributed by atoms with van der Waals surface area (Å²) in [4.78, 5) is 9.47. The van der Waals surface area contributed by atoms with Gasteiger partial charge in [0.05, 0.1) is 0 Å². The summed E-state index contributed by atoms with van der Waals surface area (Å²) in [5.74, 6) is 2.07.